The Morgan fingerprint density at radius 3 is 2.38 bits per heavy atom. The standard InChI is InChI=1S/C9H12F3NO3/c1-5-3-13(8(16)9(10,11)12)4-6(5)2-7(14)15/h5-6H,2-4H2,1H3,(H,14,15)/t5-,6-/m1/s1. The number of hydrogen-bond acceptors (Lipinski definition) is 2. The average Bonchev–Trinajstić information content (AvgIpc) is 2.44. The molecule has 0 bridgehead atoms. The number of alkyl halides is 3. The molecule has 1 N–H and O–H groups in total. The first-order valence-corrected chi connectivity index (χ1v) is 4.79. The van der Waals surface area contributed by atoms with Crippen molar-refractivity contribution in [3.8, 4) is 0 Å². The van der Waals surface area contributed by atoms with Crippen molar-refractivity contribution in [2.45, 2.75) is 19.5 Å². The maximum atomic E-state index is 12.1. The summed E-state index contributed by atoms with van der Waals surface area (Å²) in [5.74, 6) is -3.56. The molecule has 4 nitrogen and oxygen atoms in total. The molecule has 1 rings (SSSR count). The van der Waals surface area contributed by atoms with Crippen LogP contribution in [0.3, 0.4) is 0 Å². The van der Waals surface area contributed by atoms with Crippen LogP contribution in [0, 0.1) is 11.8 Å². The van der Waals surface area contributed by atoms with Crippen LogP contribution in [-0.4, -0.2) is 41.1 Å². The van der Waals surface area contributed by atoms with Gasteiger partial charge in [-0.25, -0.2) is 0 Å². The van der Waals surface area contributed by atoms with Crippen molar-refractivity contribution in [2.75, 3.05) is 13.1 Å². The van der Waals surface area contributed by atoms with Gasteiger partial charge in [-0.3, -0.25) is 9.59 Å². The molecular formula is C9H12F3NO3. The Hall–Kier alpha value is -1.27. The van der Waals surface area contributed by atoms with Crippen LogP contribution < -0.4 is 0 Å². The van der Waals surface area contributed by atoms with Crippen LogP contribution in [0.2, 0.25) is 0 Å². The van der Waals surface area contributed by atoms with Crippen molar-refractivity contribution in [3.63, 3.8) is 0 Å². The molecule has 92 valence electrons. The van der Waals surface area contributed by atoms with Gasteiger partial charge in [-0.2, -0.15) is 13.2 Å². The quantitative estimate of drug-likeness (QED) is 0.785. The molecule has 1 saturated heterocycles. The molecule has 1 aliphatic rings. The van der Waals surface area contributed by atoms with E-state index in [0.29, 0.717) is 4.90 Å². The predicted octanol–water partition coefficient (Wildman–Crippen LogP) is 1.12. The number of aliphatic carboxylic acids is 1. The van der Waals surface area contributed by atoms with E-state index in [9.17, 15) is 22.8 Å². The van der Waals surface area contributed by atoms with E-state index in [1.807, 2.05) is 0 Å². The molecule has 0 aromatic rings. The van der Waals surface area contributed by atoms with E-state index in [1.165, 1.54) is 0 Å². The van der Waals surface area contributed by atoms with Gasteiger partial charge in [0.15, 0.2) is 0 Å². The maximum Gasteiger partial charge on any atom is 0.471 e. The monoisotopic (exact) mass is 239 g/mol. The third-order valence-corrected chi connectivity index (χ3v) is 2.73. The lowest BCUT2D eigenvalue weighted by atomic mass is 9.95. The number of hydrogen-bond donors (Lipinski definition) is 1. The first kappa shape index (κ1) is 12.8. The summed E-state index contributed by atoms with van der Waals surface area (Å²) in [5, 5.41) is 8.55. The van der Waals surface area contributed by atoms with E-state index in [4.69, 9.17) is 5.11 Å². The number of carbonyl (C=O) groups excluding carboxylic acids is 1. The van der Waals surface area contributed by atoms with Gasteiger partial charge in [0.05, 0.1) is 6.42 Å². The summed E-state index contributed by atoms with van der Waals surface area (Å²) < 4.78 is 36.3. The smallest absolute Gasteiger partial charge is 0.471 e. The lowest BCUT2D eigenvalue weighted by molar-refractivity contribution is -0.184. The Morgan fingerprint density at radius 2 is 1.94 bits per heavy atom. The summed E-state index contributed by atoms with van der Waals surface area (Å²) >= 11 is 0. The molecule has 1 aliphatic heterocycles. The van der Waals surface area contributed by atoms with E-state index in [1.54, 1.807) is 6.92 Å². The minimum Gasteiger partial charge on any atom is -0.481 e. The summed E-state index contributed by atoms with van der Waals surface area (Å²) in [4.78, 5) is 22.0. The van der Waals surface area contributed by atoms with Crippen LogP contribution in [0.5, 0.6) is 0 Å². The topological polar surface area (TPSA) is 57.6 Å². The van der Waals surface area contributed by atoms with E-state index >= 15 is 0 Å². The van der Waals surface area contributed by atoms with Crippen LogP contribution in [0.25, 0.3) is 0 Å². The number of carboxylic acids is 1. The molecule has 1 amide bonds. The van der Waals surface area contributed by atoms with E-state index in [-0.39, 0.29) is 25.4 Å². The fourth-order valence-electron chi connectivity index (χ4n) is 1.87. The summed E-state index contributed by atoms with van der Waals surface area (Å²) in [6, 6.07) is 0. The predicted molar refractivity (Wildman–Crippen MR) is 47.5 cm³/mol. The average molecular weight is 239 g/mol. The van der Waals surface area contributed by atoms with Crippen LogP contribution in [-0.2, 0) is 9.59 Å². The number of likely N-dealkylation sites (tertiary alicyclic amines) is 1. The number of rotatable bonds is 2. The largest absolute Gasteiger partial charge is 0.481 e. The third-order valence-electron chi connectivity index (χ3n) is 2.73. The Kier molecular flexibility index (Phi) is 3.44. The van der Waals surface area contributed by atoms with Gasteiger partial charge in [-0.05, 0) is 11.8 Å². The van der Waals surface area contributed by atoms with E-state index in [2.05, 4.69) is 0 Å². The number of amides is 1. The van der Waals surface area contributed by atoms with Crippen LogP contribution in [0.15, 0.2) is 0 Å². The molecule has 7 heteroatoms. The van der Waals surface area contributed by atoms with E-state index < -0.39 is 24.0 Å². The fourth-order valence-corrected chi connectivity index (χ4v) is 1.87. The highest BCUT2D eigenvalue weighted by Crippen LogP contribution is 2.29. The summed E-state index contributed by atoms with van der Waals surface area (Å²) in [6.45, 7) is 1.49. The van der Waals surface area contributed by atoms with Gasteiger partial charge >= 0.3 is 18.1 Å². The molecular weight excluding hydrogens is 227 g/mol. The van der Waals surface area contributed by atoms with Crippen molar-refractivity contribution in [2.24, 2.45) is 11.8 Å². The highest BCUT2D eigenvalue weighted by atomic mass is 19.4. The summed E-state index contributed by atoms with van der Waals surface area (Å²) in [5.41, 5.74) is 0. The van der Waals surface area contributed by atoms with Gasteiger partial charge in [-0.15, -0.1) is 0 Å². The van der Waals surface area contributed by atoms with Gasteiger partial charge in [0.25, 0.3) is 0 Å². The lowest BCUT2D eigenvalue weighted by Crippen LogP contribution is -2.39. The van der Waals surface area contributed by atoms with Crippen molar-refractivity contribution in [3.05, 3.63) is 0 Å². The Balaban J connectivity index is 2.63. The minimum absolute atomic E-state index is 0.0315. The van der Waals surface area contributed by atoms with Crippen LogP contribution in [0.1, 0.15) is 13.3 Å². The Bertz CT molecular complexity index is 303. The minimum atomic E-state index is -4.88. The fraction of sp³-hybridized carbons (Fsp3) is 0.778. The van der Waals surface area contributed by atoms with E-state index in [0.717, 1.165) is 0 Å². The first-order valence-electron chi connectivity index (χ1n) is 4.79. The number of nitrogens with zero attached hydrogens (tertiary/aromatic N) is 1. The summed E-state index contributed by atoms with van der Waals surface area (Å²) in [6.07, 6.45) is -5.08. The zero-order valence-corrected chi connectivity index (χ0v) is 8.62. The summed E-state index contributed by atoms with van der Waals surface area (Å²) in [7, 11) is 0. The third kappa shape index (κ3) is 2.86. The second-order valence-electron chi connectivity index (χ2n) is 4.04. The zero-order chi connectivity index (χ0) is 12.5. The molecule has 0 aromatic heterocycles. The lowest BCUT2D eigenvalue weighted by Gasteiger charge is -2.17. The Morgan fingerprint density at radius 1 is 1.38 bits per heavy atom. The molecule has 1 fully saturated rings. The SMILES string of the molecule is C[C@@H]1CN(C(=O)C(F)(F)F)C[C@H]1CC(=O)O. The second kappa shape index (κ2) is 4.31. The first-order chi connectivity index (χ1) is 7.21. The molecule has 2 atom stereocenters. The molecule has 1 heterocycles. The van der Waals surface area contributed by atoms with Gasteiger partial charge in [-0.1, -0.05) is 6.92 Å². The molecule has 0 radical (unpaired) electrons. The highest BCUT2D eigenvalue weighted by Gasteiger charge is 2.46. The van der Waals surface area contributed by atoms with Crippen LogP contribution in [0.4, 0.5) is 13.2 Å². The normalized spacial score (nSPS) is 25.9. The molecule has 16 heavy (non-hydrogen) atoms. The van der Waals surface area contributed by atoms with Crippen LogP contribution >= 0.6 is 0 Å². The molecule has 0 aromatic carbocycles. The van der Waals surface area contributed by atoms with Gasteiger partial charge in [0.2, 0.25) is 0 Å². The second-order valence-corrected chi connectivity index (χ2v) is 4.04. The maximum absolute atomic E-state index is 12.1. The van der Waals surface area contributed by atoms with Gasteiger partial charge in [0, 0.05) is 13.1 Å². The van der Waals surface area contributed by atoms with Gasteiger partial charge in [0.1, 0.15) is 0 Å². The zero-order valence-electron chi connectivity index (χ0n) is 8.62. The van der Waals surface area contributed by atoms with Crippen molar-refractivity contribution >= 4 is 11.9 Å². The molecule has 0 saturated carbocycles. The number of halogens is 3. The number of carbonyl (C=O) groups is 2. The highest BCUT2D eigenvalue weighted by molar-refractivity contribution is 5.82. The van der Waals surface area contributed by atoms with Crippen molar-refractivity contribution < 1.29 is 27.9 Å². The Labute approximate surface area is 90.0 Å². The van der Waals surface area contributed by atoms with Crippen molar-refractivity contribution in [1.29, 1.82) is 0 Å². The molecule has 0 unspecified atom stereocenters. The number of carboxylic acid groups (broad SMARTS) is 1. The van der Waals surface area contributed by atoms with Crippen molar-refractivity contribution in [1.82, 2.24) is 4.90 Å². The van der Waals surface area contributed by atoms with Gasteiger partial charge < -0.3 is 10.0 Å². The molecule has 0 aliphatic carbocycles. The molecule has 0 spiro atoms.